The lowest BCUT2D eigenvalue weighted by atomic mass is 9.91. The number of rotatable bonds is 11. The van der Waals surface area contributed by atoms with Gasteiger partial charge in [-0.25, -0.2) is 4.79 Å². The quantitative estimate of drug-likeness (QED) is 0.217. The van der Waals surface area contributed by atoms with E-state index in [0.29, 0.717) is 24.8 Å². The molecule has 4 atom stereocenters. The van der Waals surface area contributed by atoms with Crippen LogP contribution in [0.15, 0.2) is 66.7 Å². The number of ether oxygens (including phenoxy) is 2. The van der Waals surface area contributed by atoms with Crippen LogP contribution in [0.5, 0.6) is 0 Å². The summed E-state index contributed by atoms with van der Waals surface area (Å²) in [5.41, 5.74) is 2.58. The third kappa shape index (κ3) is 6.47. The molecule has 4 unspecified atom stereocenters. The molecule has 0 bridgehead atoms. The van der Waals surface area contributed by atoms with Crippen molar-refractivity contribution in [1.29, 1.82) is 0 Å². The van der Waals surface area contributed by atoms with Gasteiger partial charge in [0.2, 0.25) is 0 Å². The molecule has 1 aliphatic heterocycles. The second-order valence-corrected chi connectivity index (χ2v) is 9.59. The van der Waals surface area contributed by atoms with Crippen molar-refractivity contribution in [2.75, 3.05) is 0 Å². The third-order valence-electron chi connectivity index (χ3n) is 7.07. The van der Waals surface area contributed by atoms with Crippen LogP contribution in [0.4, 0.5) is 0 Å². The molecule has 0 spiro atoms. The molecule has 35 heavy (non-hydrogen) atoms. The largest absolute Gasteiger partial charge is 0.462 e. The number of unbranched alkanes of at least 4 members (excludes halogenated alkanes) is 4. The molecule has 184 valence electrons. The molecule has 1 saturated heterocycles. The van der Waals surface area contributed by atoms with Crippen LogP contribution in [0.25, 0.3) is 11.1 Å². The fourth-order valence-corrected chi connectivity index (χ4v) is 5.13. The minimum absolute atomic E-state index is 0.0608. The zero-order valence-corrected chi connectivity index (χ0v) is 20.4. The Morgan fingerprint density at radius 2 is 1.69 bits per heavy atom. The molecular weight excluding hydrogens is 440 g/mol. The van der Waals surface area contributed by atoms with Gasteiger partial charge in [0.05, 0.1) is 12.0 Å². The predicted molar refractivity (Wildman–Crippen MR) is 135 cm³/mol. The number of allylic oxidation sites excluding steroid dienone is 1. The van der Waals surface area contributed by atoms with Crippen LogP contribution in [-0.2, 0) is 19.1 Å². The number of fused-ring (bicyclic) bond motifs is 1. The number of esters is 2. The molecule has 1 saturated carbocycles. The Balaban J connectivity index is 1.38. The Morgan fingerprint density at radius 1 is 0.971 bits per heavy atom. The van der Waals surface area contributed by atoms with Gasteiger partial charge in [-0.3, -0.25) is 9.59 Å². The molecule has 0 N–H and O–H groups in total. The second-order valence-electron chi connectivity index (χ2n) is 9.59. The summed E-state index contributed by atoms with van der Waals surface area (Å²) >= 11 is 0. The first-order valence-corrected chi connectivity index (χ1v) is 12.8. The van der Waals surface area contributed by atoms with E-state index < -0.39 is 12.1 Å². The summed E-state index contributed by atoms with van der Waals surface area (Å²) in [7, 11) is 0. The molecule has 1 heterocycles. The Bertz CT molecular complexity index is 1040. The van der Waals surface area contributed by atoms with Crippen LogP contribution in [0.3, 0.4) is 0 Å². The Labute approximate surface area is 207 Å². The molecule has 0 aromatic heterocycles. The molecule has 4 rings (SSSR count). The number of carbonyl (C=O) groups is 3. The Morgan fingerprint density at radius 3 is 2.43 bits per heavy atom. The first kappa shape index (κ1) is 24.9. The second kappa shape index (κ2) is 12.0. The van der Waals surface area contributed by atoms with Crippen molar-refractivity contribution in [3.8, 4) is 11.1 Å². The first-order valence-electron chi connectivity index (χ1n) is 12.8. The highest BCUT2D eigenvalue weighted by molar-refractivity contribution is 5.91. The molecule has 2 aromatic carbocycles. The van der Waals surface area contributed by atoms with Crippen molar-refractivity contribution < 1.29 is 23.9 Å². The lowest BCUT2D eigenvalue weighted by Gasteiger charge is -2.20. The highest BCUT2D eigenvalue weighted by atomic mass is 16.6. The van der Waals surface area contributed by atoms with Gasteiger partial charge in [-0.15, -0.1) is 0 Å². The van der Waals surface area contributed by atoms with Crippen LogP contribution < -0.4 is 0 Å². The molecule has 0 radical (unpaired) electrons. The molecule has 1 aliphatic carbocycles. The summed E-state index contributed by atoms with van der Waals surface area (Å²) in [5, 5.41) is 0. The van der Waals surface area contributed by atoms with Crippen molar-refractivity contribution in [3.05, 3.63) is 72.3 Å². The standard InChI is InChI=1S/C30H34O5/c1-2-3-4-5-9-12-24(31)17-18-25-26-19-29(32)34-28(26)20-27(25)35-30(33)23-15-13-22(14-16-23)21-10-7-6-8-11-21/h6-8,10-11,13-18,25-28H,2-5,9,12,19-20H2,1H3. The highest BCUT2D eigenvalue weighted by Gasteiger charge is 2.50. The number of carbonyl (C=O) groups excluding carboxylic acids is 3. The van der Waals surface area contributed by atoms with E-state index in [4.69, 9.17) is 9.47 Å². The third-order valence-corrected chi connectivity index (χ3v) is 7.07. The molecule has 2 aliphatic rings. The first-order chi connectivity index (χ1) is 17.0. The SMILES string of the molecule is CCCCCCCC(=O)C=CC1C(OC(=O)c2ccc(-c3ccccc3)cc2)CC2OC(=O)CC21. The van der Waals surface area contributed by atoms with E-state index >= 15 is 0 Å². The average Bonchev–Trinajstić information content (AvgIpc) is 3.38. The van der Waals surface area contributed by atoms with Gasteiger partial charge >= 0.3 is 11.9 Å². The number of hydrogen-bond acceptors (Lipinski definition) is 5. The van der Waals surface area contributed by atoms with Crippen LogP contribution in [0, 0.1) is 11.8 Å². The van der Waals surface area contributed by atoms with E-state index in [1.807, 2.05) is 48.5 Å². The van der Waals surface area contributed by atoms with Gasteiger partial charge in [-0.05, 0) is 35.8 Å². The van der Waals surface area contributed by atoms with Gasteiger partial charge in [0.25, 0.3) is 0 Å². The molecule has 0 amide bonds. The van der Waals surface area contributed by atoms with Crippen molar-refractivity contribution in [3.63, 3.8) is 0 Å². The molecule has 2 aromatic rings. The monoisotopic (exact) mass is 474 g/mol. The summed E-state index contributed by atoms with van der Waals surface area (Å²) in [6, 6.07) is 17.3. The van der Waals surface area contributed by atoms with E-state index in [-0.39, 0.29) is 29.7 Å². The van der Waals surface area contributed by atoms with Gasteiger partial charge in [0.15, 0.2) is 5.78 Å². The smallest absolute Gasteiger partial charge is 0.338 e. The van der Waals surface area contributed by atoms with Crippen LogP contribution in [0.2, 0.25) is 0 Å². The maximum absolute atomic E-state index is 12.9. The van der Waals surface area contributed by atoms with Gasteiger partial charge < -0.3 is 9.47 Å². The van der Waals surface area contributed by atoms with E-state index in [0.717, 1.165) is 30.4 Å². The van der Waals surface area contributed by atoms with Crippen molar-refractivity contribution in [2.45, 2.75) is 70.5 Å². The summed E-state index contributed by atoms with van der Waals surface area (Å²) in [6.45, 7) is 2.17. The summed E-state index contributed by atoms with van der Waals surface area (Å²) in [6.07, 6.45) is 9.54. The summed E-state index contributed by atoms with van der Waals surface area (Å²) in [4.78, 5) is 37.2. The number of benzene rings is 2. The van der Waals surface area contributed by atoms with Crippen LogP contribution >= 0.6 is 0 Å². The number of ketones is 1. The number of hydrogen-bond donors (Lipinski definition) is 0. The highest BCUT2D eigenvalue weighted by Crippen LogP contribution is 2.43. The van der Waals surface area contributed by atoms with Gasteiger partial charge in [0.1, 0.15) is 12.2 Å². The van der Waals surface area contributed by atoms with Crippen molar-refractivity contribution in [1.82, 2.24) is 0 Å². The van der Waals surface area contributed by atoms with E-state index in [2.05, 4.69) is 6.92 Å². The van der Waals surface area contributed by atoms with Crippen LogP contribution in [-0.4, -0.2) is 29.9 Å². The zero-order chi connectivity index (χ0) is 24.6. The minimum Gasteiger partial charge on any atom is -0.462 e. The maximum atomic E-state index is 12.9. The topological polar surface area (TPSA) is 69.7 Å². The lowest BCUT2D eigenvalue weighted by molar-refractivity contribution is -0.141. The summed E-state index contributed by atoms with van der Waals surface area (Å²) in [5.74, 6) is -0.808. The van der Waals surface area contributed by atoms with Crippen molar-refractivity contribution in [2.24, 2.45) is 11.8 Å². The zero-order valence-electron chi connectivity index (χ0n) is 20.4. The fourth-order valence-electron chi connectivity index (χ4n) is 5.13. The maximum Gasteiger partial charge on any atom is 0.338 e. The van der Waals surface area contributed by atoms with Crippen LogP contribution in [0.1, 0.15) is 68.6 Å². The normalized spacial score (nSPS) is 23.3. The van der Waals surface area contributed by atoms with Gasteiger partial charge in [-0.2, -0.15) is 0 Å². The Hall–Kier alpha value is -3.21. The van der Waals surface area contributed by atoms with E-state index in [1.165, 1.54) is 12.8 Å². The van der Waals surface area contributed by atoms with E-state index in [9.17, 15) is 14.4 Å². The summed E-state index contributed by atoms with van der Waals surface area (Å²) < 4.78 is 11.4. The average molecular weight is 475 g/mol. The van der Waals surface area contributed by atoms with Crippen molar-refractivity contribution >= 4 is 17.7 Å². The molecule has 5 nitrogen and oxygen atoms in total. The molecule has 5 heteroatoms. The minimum atomic E-state index is -0.423. The molecular formula is C30H34O5. The lowest BCUT2D eigenvalue weighted by Crippen LogP contribution is -2.25. The van der Waals surface area contributed by atoms with E-state index in [1.54, 1.807) is 18.2 Å². The van der Waals surface area contributed by atoms with Gasteiger partial charge in [0, 0.05) is 24.7 Å². The Kier molecular flexibility index (Phi) is 8.51. The molecule has 2 fully saturated rings. The van der Waals surface area contributed by atoms with Gasteiger partial charge in [-0.1, -0.05) is 81.1 Å². The fraction of sp³-hybridized carbons (Fsp3) is 0.433. The predicted octanol–water partition coefficient (Wildman–Crippen LogP) is 6.32.